The van der Waals surface area contributed by atoms with Crippen LogP contribution >= 0.6 is 0 Å². The molecule has 1 fully saturated rings. The third-order valence-corrected chi connectivity index (χ3v) is 6.88. The predicted octanol–water partition coefficient (Wildman–Crippen LogP) is 3.11. The van der Waals surface area contributed by atoms with Gasteiger partial charge in [0, 0.05) is 40.8 Å². The summed E-state index contributed by atoms with van der Waals surface area (Å²) in [6.45, 7) is 8.28. The van der Waals surface area contributed by atoms with Crippen molar-refractivity contribution in [3.05, 3.63) is 17.8 Å². The quantitative estimate of drug-likeness (QED) is 0.412. The fourth-order valence-electron chi connectivity index (χ4n) is 3.37. The van der Waals surface area contributed by atoms with Crippen molar-refractivity contribution in [1.82, 2.24) is 25.1 Å². The Kier molecular flexibility index (Phi) is 7.84. The van der Waals surface area contributed by atoms with Gasteiger partial charge in [-0.2, -0.15) is 10.1 Å². The van der Waals surface area contributed by atoms with Crippen molar-refractivity contribution in [3.8, 4) is 11.4 Å². The minimum atomic E-state index is -2.73. The van der Waals surface area contributed by atoms with E-state index in [2.05, 4.69) is 40.0 Å². The Bertz CT molecular complexity index is 968. The molecular weight excluding hydrogens is 452 g/mol. The van der Waals surface area contributed by atoms with Crippen LogP contribution in [0.2, 0.25) is 25.7 Å². The minimum Gasteiger partial charge on any atom is -0.444 e. The van der Waals surface area contributed by atoms with Crippen molar-refractivity contribution in [2.75, 3.05) is 37.4 Å². The summed E-state index contributed by atoms with van der Waals surface area (Å²) in [5.74, 6) is 0.524. The Morgan fingerprint density at radius 3 is 2.76 bits per heavy atom. The summed E-state index contributed by atoms with van der Waals surface area (Å²) in [5, 5.41) is 6.43. The summed E-state index contributed by atoms with van der Waals surface area (Å²) in [6, 6.07) is 3.91. The number of hydrogen-bond donors (Lipinski definition) is 2. The van der Waals surface area contributed by atoms with E-state index in [1.54, 1.807) is 6.07 Å². The van der Waals surface area contributed by atoms with Crippen LogP contribution < -0.4 is 16.0 Å². The van der Waals surface area contributed by atoms with E-state index < -0.39 is 20.6 Å². The van der Waals surface area contributed by atoms with Gasteiger partial charge in [0.15, 0.2) is 0 Å². The van der Waals surface area contributed by atoms with Crippen molar-refractivity contribution in [2.24, 2.45) is 0 Å². The van der Waals surface area contributed by atoms with Gasteiger partial charge in [-0.05, 0) is 12.1 Å². The van der Waals surface area contributed by atoms with Gasteiger partial charge in [-0.25, -0.2) is 23.2 Å². The summed E-state index contributed by atoms with van der Waals surface area (Å²) in [5.41, 5.74) is 6.30. The van der Waals surface area contributed by atoms with Crippen LogP contribution in [-0.2, 0) is 16.2 Å². The lowest BCUT2D eigenvalue weighted by Crippen LogP contribution is -2.29. The molecule has 1 saturated heterocycles. The first-order valence-electron chi connectivity index (χ1n) is 10.8. The Labute approximate surface area is 192 Å². The number of nitrogens with one attached hydrogen (secondary N) is 1. The molecule has 1 atom stereocenters. The molecule has 0 unspecified atom stereocenters. The predicted molar refractivity (Wildman–Crippen MR) is 123 cm³/mol. The van der Waals surface area contributed by atoms with E-state index in [0.717, 1.165) is 6.04 Å². The Morgan fingerprint density at radius 2 is 2.09 bits per heavy atom. The number of anilines is 2. The molecule has 0 bridgehead atoms. The highest BCUT2D eigenvalue weighted by molar-refractivity contribution is 6.76. The summed E-state index contributed by atoms with van der Waals surface area (Å²) in [6.07, 6.45) is -2.89. The number of alkyl halides is 2. The highest BCUT2D eigenvalue weighted by atomic mass is 28.3. The SMILES string of the molecule is CNC(=O)O[C@@H]1CCN(c2cc(-c3cc(C(F)F)nn3COCC[Si](C)(C)C)nc(N)n2)C1. The molecule has 3 N–H and O–H groups in total. The Balaban J connectivity index is 1.81. The fourth-order valence-corrected chi connectivity index (χ4v) is 4.12. The largest absolute Gasteiger partial charge is 0.444 e. The molecule has 10 nitrogen and oxygen atoms in total. The zero-order chi connectivity index (χ0) is 24.2. The lowest BCUT2D eigenvalue weighted by molar-refractivity contribution is 0.0771. The second-order valence-electron chi connectivity index (χ2n) is 9.08. The summed E-state index contributed by atoms with van der Waals surface area (Å²) >= 11 is 0. The molecule has 13 heteroatoms. The van der Waals surface area contributed by atoms with Gasteiger partial charge in [-0.3, -0.25) is 0 Å². The maximum absolute atomic E-state index is 13.4. The fraction of sp³-hybridized carbons (Fsp3) is 0.600. The molecule has 0 saturated carbocycles. The molecule has 0 spiro atoms. The van der Waals surface area contributed by atoms with Crippen molar-refractivity contribution in [2.45, 2.75) is 51.4 Å². The second kappa shape index (κ2) is 10.4. The first-order valence-corrected chi connectivity index (χ1v) is 14.5. The number of carbonyl (C=O) groups is 1. The summed E-state index contributed by atoms with van der Waals surface area (Å²) in [7, 11) is 0.211. The average Bonchev–Trinajstić information content (AvgIpc) is 3.37. The van der Waals surface area contributed by atoms with E-state index in [1.165, 1.54) is 17.8 Å². The van der Waals surface area contributed by atoms with E-state index in [9.17, 15) is 13.6 Å². The van der Waals surface area contributed by atoms with Crippen LogP contribution in [0, 0.1) is 0 Å². The Hall–Kier alpha value is -2.80. The highest BCUT2D eigenvalue weighted by Gasteiger charge is 2.27. The van der Waals surface area contributed by atoms with Gasteiger partial charge < -0.3 is 25.4 Å². The number of hydrogen-bond acceptors (Lipinski definition) is 8. The number of aromatic nitrogens is 4. The molecule has 2 aromatic rings. The number of ether oxygens (including phenoxy) is 2. The van der Waals surface area contributed by atoms with Crippen molar-refractivity contribution in [1.29, 1.82) is 0 Å². The van der Waals surface area contributed by atoms with Crippen molar-refractivity contribution in [3.63, 3.8) is 0 Å². The molecule has 1 amide bonds. The molecule has 33 heavy (non-hydrogen) atoms. The number of alkyl carbamates (subject to hydrolysis) is 1. The molecule has 0 aliphatic carbocycles. The van der Waals surface area contributed by atoms with Crippen LogP contribution in [0.3, 0.4) is 0 Å². The van der Waals surface area contributed by atoms with E-state index in [1.807, 2.05) is 4.90 Å². The van der Waals surface area contributed by atoms with Crippen LogP contribution in [-0.4, -0.2) is 66.8 Å². The normalized spacial score (nSPS) is 16.5. The number of halogens is 2. The molecule has 0 aromatic carbocycles. The van der Waals surface area contributed by atoms with Crippen LogP contribution in [0.25, 0.3) is 11.4 Å². The first-order chi connectivity index (χ1) is 15.6. The zero-order valence-electron chi connectivity index (χ0n) is 19.3. The van der Waals surface area contributed by atoms with Gasteiger partial charge in [-0.15, -0.1) is 0 Å². The number of nitrogens with two attached hydrogens (primary N) is 1. The topological polar surface area (TPSA) is 120 Å². The van der Waals surface area contributed by atoms with Gasteiger partial charge in [0.1, 0.15) is 24.3 Å². The van der Waals surface area contributed by atoms with E-state index in [-0.39, 0.29) is 24.5 Å². The van der Waals surface area contributed by atoms with Gasteiger partial charge in [0.25, 0.3) is 6.43 Å². The molecule has 3 heterocycles. The Morgan fingerprint density at radius 1 is 1.33 bits per heavy atom. The molecule has 182 valence electrons. The van der Waals surface area contributed by atoms with Gasteiger partial charge in [0.2, 0.25) is 5.95 Å². The van der Waals surface area contributed by atoms with Crippen LogP contribution in [0.5, 0.6) is 0 Å². The van der Waals surface area contributed by atoms with Crippen LogP contribution in [0.1, 0.15) is 18.5 Å². The average molecular weight is 484 g/mol. The maximum atomic E-state index is 13.4. The van der Waals surface area contributed by atoms with Gasteiger partial charge in [0.05, 0.1) is 17.9 Å². The molecular formula is C20H31F2N7O3Si. The van der Waals surface area contributed by atoms with Crippen molar-refractivity contribution < 1.29 is 23.0 Å². The minimum absolute atomic E-state index is 0.00386. The lowest BCUT2D eigenvalue weighted by Gasteiger charge is -2.19. The van der Waals surface area contributed by atoms with Gasteiger partial charge in [-0.1, -0.05) is 19.6 Å². The first kappa shape index (κ1) is 24.8. The summed E-state index contributed by atoms with van der Waals surface area (Å²) < 4.78 is 39.2. The van der Waals surface area contributed by atoms with Crippen LogP contribution in [0.4, 0.5) is 25.3 Å². The van der Waals surface area contributed by atoms with E-state index in [0.29, 0.717) is 43.3 Å². The third-order valence-electron chi connectivity index (χ3n) is 5.17. The van der Waals surface area contributed by atoms with Gasteiger partial charge >= 0.3 is 6.09 Å². The van der Waals surface area contributed by atoms with Crippen molar-refractivity contribution >= 4 is 25.9 Å². The number of carbonyl (C=O) groups excluding carboxylic acids is 1. The van der Waals surface area contributed by atoms with E-state index in [4.69, 9.17) is 15.2 Å². The third kappa shape index (κ3) is 6.84. The molecule has 0 radical (unpaired) electrons. The monoisotopic (exact) mass is 483 g/mol. The standard InChI is InChI=1S/C20H31F2N7O3Si/c1-24-20(30)32-13-5-6-28(11-13)17-10-14(25-19(23)26-17)16-9-15(18(21)22)27-29(16)12-31-7-8-33(2,3)4/h9-10,13,18H,5-8,11-12H2,1-4H3,(H,24,30)(H2,23,25,26)/t13-/m1/s1. The lowest BCUT2D eigenvalue weighted by atomic mass is 10.2. The highest BCUT2D eigenvalue weighted by Crippen LogP contribution is 2.29. The zero-order valence-corrected chi connectivity index (χ0v) is 20.3. The summed E-state index contributed by atoms with van der Waals surface area (Å²) in [4.78, 5) is 21.9. The number of amides is 1. The van der Waals surface area contributed by atoms with Crippen LogP contribution in [0.15, 0.2) is 12.1 Å². The number of nitrogen functional groups attached to an aromatic ring is 1. The molecule has 1 aliphatic heterocycles. The van der Waals surface area contributed by atoms with E-state index >= 15 is 0 Å². The maximum Gasteiger partial charge on any atom is 0.407 e. The number of nitrogens with zero attached hydrogens (tertiary/aromatic N) is 5. The number of rotatable bonds is 9. The molecule has 2 aromatic heterocycles. The second-order valence-corrected chi connectivity index (χ2v) is 14.7. The molecule has 1 aliphatic rings. The smallest absolute Gasteiger partial charge is 0.407 e. The molecule has 3 rings (SSSR count).